The van der Waals surface area contributed by atoms with Crippen LogP contribution in [0.3, 0.4) is 0 Å². The Morgan fingerprint density at radius 3 is 1.81 bits per heavy atom. The molecule has 1 aromatic rings. The summed E-state index contributed by atoms with van der Waals surface area (Å²) in [5.41, 5.74) is -7.24. The molecule has 0 aliphatic heterocycles. The van der Waals surface area contributed by atoms with Gasteiger partial charge in [0.15, 0.2) is 0 Å². The molecule has 2 N–H and O–H groups in total. The number of alkyl halides is 6. The number of urea groups is 1. The monoisotopic (exact) mass is 408 g/mol. The maximum Gasteiger partial charge on any atom is 0.430 e. The van der Waals surface area contributed by atoms with E-state index in [9.17, 15) is 44.7 Å². The van der Waals surface area contributed by atoms with Crippen LogP contribution in [0.2, 0.25) is 0 Å². The maximum absolute atomic E-state index is 12.8. The molecular formula is C13H14F6N2O4S. The van der Waals surface area contributed by atoms with E-state index in [1.165, 1.54) is 6.92 Å². The number of anilines is 1. The van der Waals surface area contributed by atoms with E-state index in [4.69, 9.17) is 0 Å². The molecule has 0 atom stereocenters. The molecule has 0 bridgehead atoms. The van der Waals surface area contributed by atoms with Gasteiger partial charge in [-0.25, -0.2) is 13.2 Å². The Labute approximate surface area is 144 Å². The van der Waals surface area contributed by atoms with Gasteiger partial charge in [-0.2, -0.15) is 30.6 Å². The summed E-state index contributed by atoms with van der Waals surface area (Å²) in [6.07, 6.45) is -11.5. The molecular weight excluding hydrogens is 394 g/mol. The van der Waals surface area contributed by atoms with Crippen molar-refractivity contribution in [1.29, 1.82) is 0 Å². The lowest BCUT2D eigenvalue weighted by Crippen LogP contribution is -2.53. The highest BCUT2D eigenvalue weighted by Gasteiger charge is 2.71. The minimum atomic E-state index is -6.08. The number of aliphatic hydroxyl groups is 1. The van der Waals surface area contributed by atoms with E-state index in [0.717, 1.165) is 0 Å². The molecule has 1 aromatic carbocycles. The number of nitrogens with zero attached hydrogens (tertiary/aromatic N) is 1. The maximum atomic E-state index is 12.8. The van der Waals surface area contributed by atoms with Crippen LogP contribution in [0.15, 0.2) is 24.3 Å². The summed E-state index contributed by atoms with van der Waals surface area (Å²) in [6, 6.07) is 0.438. The molecule has 6 nitrogen and oxygen atoms in total. The molecule has 0 unspecified atom stereocenters. The predicted molar refractivity (Wildman–Crippen MR) is 78.8 cm³/mol. The molecule has 0 saturated carbocycles. The third-order valence-corrected chi connectivity index (χ3v) is 4.22. The highest BCUT2D eigenvalue weighted by Crippen LogP contribution is 2.50. The number of nitrogens with one attached hydrogen (secondary N) is 1. The quantitative estimate of drug-likeness (QED) is 0.750. The van der Waals surface area contributed by atoms with Crippen LogP contribution in [0, 0.1) is 0 Å². The van der Waals surface area contributed by atoms with Gasteiger partial charge in [0.2, 0.25) is 10.0 Å². The second-order valence-electron chi connectivity index (χ2n) is 5.12. The van der Waals surface area contributed by atoms with Gasteiger partial charge in [-0.15, -0.1) is 0 Å². The Hall–Kier alpha value is -2.02. The molecule has 13 heteroatoms. The van der Waals surface area contributed by atoms with Gasteiger partial charge in [0, 0.05) is 12.1 Å². The van der Waals surface area contributed by atoms with Crippen LogP contribution >= 0.6 is 0 Å². The first-order valence-electron chi connectivity index (χ1n) is 6.82. The summed E-state index contributed by atoms with van der Waals surface area (Å²) < 4.78 is 101. The molecule has 0 aliphatic carbocycles. The van der Waals surface area contributed by atoms with E-state index in [-0.39, 0.29) is 23.0 Å². The number of carbonyl (C=O) groups is 1. The molecule has 26 heavy (non-hydrogen) atoms. The molecule has 0 saturated heterocycles. The van der Waals surface area contributed by atoms with Gasteiger partial charge in [0.25, 0.3) is 5.60 Å². The zero-order valence-electron chi connectivity index (χ0n) is 13.3. The lowest BCUT2D eigenvalue weighted by molar-refractivity contribution is -0.376. The molecule has 0 spiro atoms. The molecule has 0 aromatic heterocycles. The second kappa shape index (κ2) is 6.95. The van der Waals surface area contributed by atoms with E-state index in [1.54, 1.807) is 0 Å². The molecule has 148 valence electrons. The Balaban J connectivity index is 3.47. The molecule has 0 fully saturated rings. The Morgan fingerprint density at radius 1 is 1.08 bits per heavy atom. The first-order valence-corrected chi connectivity index (χ1v) is 8.66. The van der Waals surface area contributed by atoms with E-state index in [1.807, 2.05) is 0 Å². The van der Waals surface area contributed by atoms with Crippen molar-refractivity contribution in [3.05, 3.63) is 29.8 Å². The van der Waals surface area contributed by atoms with Gasteiger partial charge in [0.1, 0.15) is 0 Å². The average Bonchev–Trinajstić information content (AvgIpc) is 2.43. The zero-order chi connectivity index (χ0) is 20.6. The van der Waals surface area contributed by atoms with Gasteiger partial charge in [-0.1, -0.05) is 12.1 Å². The summed E-state index contributed by atoms with van der Waals surface area (Å²) >= 11 is 0. The van der Waals surface area contributed by atoms with Crippen LogP contribution in [0.5, 0.6) is 0 Å². The van der Waals surface area contributed by atoms with E-state index in [2.05, 4.69) is 5.32 Å². The predicted octanol–water partition coefficient (Wildman–Crippen LogP) is 2.49. The van der Waals surface area contributed by atoms with Crippen molar-refractivity contribution in [3.8, 4) is 0 Å². The topological polar surface area (TPSA) is 86.7 Å². The lowest BCUT2D eigenvalue weighted by Gasteiger charge is -2.33. The van der Waals surface area contributed by atoms with Crippen LogP contribution in [0.4, 0.5) is 36.8 Å². The van der Waals surface area contributed by atoms with Gasteiger partial charge in [-0.05, 0) is 19.1 Å². The van der Waals surface area contributed by atoms with Crippen LogP contribution in [0.25, 0.3) is 0 Å². The second-order valence-corrected chi connectivity index (χ2v) is 6.95. The molecule has 0 heterocycles. The first-order chi connectivity index (χ1) is 11.6. The van der Waals surface area contributed by atoms with Crippen molar-refractivity contribution >= 4 is 21.7 Å². The number of amides is 2. The summed E-state index contributed by atoms with van der Waals surface area (Å²) in [6.45, 7) is 1.49. The van der Waals surface area contributed by atoms with Crippen LogP contribution in [-0.4, -0.2) is 44.7 Å². The first kappa shape index (κ1) is 22.0. The van der Waals surface area contributed by atoms with Gasteiger partial charge in [0.05, 0.1) is 11.9 Å². The van der Waals surface area contributed by atoms with E-state index in [0.29, 0.717) is 18.4 Å². The van der Waals surface area contributed by atoms with E-state index >= 15 is 0 Å². The summed E-state index contributed by atoms with van der Waals surface area (Å²) in [5.74, 6) is 0. The third kappa shape index (κ3) is 4.03. The fourth-order valence-corrected chi connectivity index (χ4v) is 2.88. The number of hydrogen-bond donors (Lipinski definition) is 2. The summed E-state index contributed by atoms with van der Waals surface area (Å²) in [7, 11) is -4.23. The minimum Gasteiger partial charge on any atom is -0.369 e. The minimum absolute atomic E-state index is 0.0187. The Kier molecular flexibility index (Phi) is 5.88. The number of hydrogen-bond acceptors (Lipinski definition) is 4. The van der Waals surface area contributed by atoms with Crippen molar-refractivity contribution in [2.75, 3.05) is 17.1 Å². The molecule has 0 aliphatic rings. The summed E-state index contributed by atoms with van der Waals surface area (Å²) in [5, 5.41) is 11.4. The van der Waals surface area contributed by atoms with Crippen LogP contribution in [0.1, 0.15) is 12.5 Å². The Morgan fingerprint density at radius 2 is 1.50 bits per heavy atom. The third-order valence-electron chi connectivity index (χ3n) is 3.18. The fourth-order valence-electron chi connectivity index (χ4n) is 2.01. The van der Waals surface area contributed by atoms with Crippen molar-refractivity contribution in [3.63, 3.8) is 0 Å². The number of carbonyl (C=O) groups excluding carboxylic acids is 1. The van der Waals surface area contributed by atoms with Crippen molar-refractivity contribution in [2.24, 2.45) is 0 Å². The molecule has 0 radical (unpaired) electrons. The highest BCUT2D eigenvalue weighted by molar-refractivity contribution is 7.92. The normalized spacial score (nSPS) is 13.4. The number of sulfonamides is 1. The summed E-state index contributed by atoms with van der Waals surface area (Å²) in [4.78, 5) is 11.8. The largest absolute Gasteiger partial charge is 0.430 e. The lowest BCUT2D eigenvalue weighted by atomic mass is 9.92. The van der Waals surface area contributed by atoms with Gasteiger partial charge < -0.3 is 10.4 Å². The van der Waals surface area contributed by atoms with Crippen molar-refractivity contribution < 1.29 is 44.7 Å². The number of benzene rings is 1. The molecule has 1 rings (SSSR count). The SMILES string of the molecule is CCNC(=O)N(c1ccc(C(O)(C(F)(F)F)C(F)(F)F)cc1)S(C)(=O)=O. The van der Waals surface area contributed by atoms with Crippen molar-refractivity contribution in [1.82, 2.24) is 5.32 Å². The number of rotatable bonds is 4. The zero-order valence-corrected chi connectivity index (χ0v) is 14.1. The van der Waals surface area contributed by atoms with Crippen molar-refractivity contribution in [2.45, 2.75) is 24.9 Å². The number of halogens is 6. The van der Waals surface area contributed by atoms with Crippen LogP contribution < -0.4 is 9.62 Å². The van der Waals surface area contributed by atoms with E-state index < -0.39 is 45.3 Å². The standard InChI is InChI=1S/C13H14F6N2O4S/c1-3-20-10(22)21(26(2,24)25)9-6-4-8(5-7-9)11(23,12(14,15)16)13(17,18)19/h4-7,23H,3H2,1-2H3,(H,20,22). The Bertz CT molecular complexity index is 744. The smallest absolute Gasteiger partial charge is 0.369 e. The van der Waals surface area contributed by atoms with Crippen LogP contribution in [-0.2, 0) is 15.6 Å². The van der Waals surface area contributed by atoms with Gasteiger partial charge >= 0.3 is 18.4 Å². The average molecular weight is 408 g/mol. The van der Waals surface area contributed by atoms with Gasteiger partial charge in [-0.3, -0.25) is 0 Å². The molecule has 2 amide bonds. The fraction of sp³-hybridized carbons (Fsp3) is 0.462. The highest BCUT2D eigenvalue weighted by atomic mass is 32.2.